The van der Waals surface area contributed by atoms with Crippen LogP contribution in [0.5, 0.6) is 0 Å². The molecule has 11 heavy (non-hydrogen) atoms. The first-order valence-electron chi connectivity index (χ1n) is 3.25. The molecule has 0 rings (SSSR count). The van der Waals surface area contributed by atoms with Crippen LogP contribution < -0.4 is 0 Å². The van der Waals surface area contributed by atoms with Crippen molar-refractivity contribution in [2.24, 2.45) is 0 Å². The van der Waals surface area contributed by atoms with Gasteiger partial charge in [-0.2, -0.15) is 0 Å². The number of thiol groups is 1. The fraction of sp³-hybridized carbons (Fsp3) is 1.00. The molecule has 0 heterocycles. The topological polar surface area (TPSA) is 43.4 Å². The summed E-state index contributed by atoms with van der Waals surface area (Å²) in [6.07, 6.45) is 4.68. The van der Waals surface area contributed by atoms with E-state index in [0.717, 1.165) is 0 Å². The lowest BCUT2D eigenvalue weighted by Gasteiger charge is -2.31. The Hall–Kier alpha value is 0.260. The molecule has 0 radical (unpaired) electrons. The minimum Gasteiger partial charge on any atom is -0.283 e. The van der Waals surface area contributed by atoms with Crippen LogP contribution in [0.4, 0.5) is 0 Å². The average Bonchev–Trinajstić information content (AvgIpc) is 1.56. The van der Waals surface area contributed by atoms with Gasteiger partial charge in [-0.1, -0.05) is 9.93 Å². The molecule has 0 bridgehead atoms. The Morgan fingerprint density at radius 3 is 1.82 bits per heavy atom. The lowest BCUT2D eigenvalue weighted by molar-refractivity contribution is 0.224. The Labute approximate surface area is 71.6 Å². The maximum atomic E-state index is 11.5. The number of rotatable bonds is 3. The second kappa shape index (κ2) is 3.33. The highest BCUT2D eigenvalue weighted by molar-refractivity contribution is 8.03. The van der Waals surface area contributed by atoms with Crippen LogP contribution in [0.1, 0.15) is 13.8 Å². The van der Waals surface area contributed by atoms with Crippen LogP contribution in [0.25, 0.3) is 0 Å². The van der Waals surface area contributed by atoms with Gasteiger partial charge >= 0.3 is 0 Å². The molecular formula is C6H16O3S2. The van der Waals surface area contributed by atoms with E-state index in [9.17, 15) is 8.42 Å². The first-order valence-corrected chi connectivity index (χ1v) is 7.33. The smallest absolute Gasteiger partial charge is 0.153 e. The molecule has 1 atom stereocenters. The minimum absolute atomic E-state index is 0.785. The second-order valence-corrected chi connectivity index (χ2v) is 8.03. The third kappa shape index (κ3) is 3.44. The molecule has 3 nitrogen and oxygen atoms in total. The normalized spacial score (nSPS) is 17.9. The van der Waals surface area contributed by atoms with Gasteiger partial charge in [0.25, 0.3) is 0 Å². The van der Waals surface area contributed by atoms with Gasteiger partial charge in [0.05, 0.1) is 0 Å². The highest BCUT2D eigenvalue weighted by Crippen LogP contribution is 2.21. The zero-order valence-electron chi connectivity index (χ0n) is 7.58. The van der Waals surface area contributed by atoms with E-state index in [0.29, 0.717) is 0 Å². The summed E-state index contributed by atoms with van der Waals surface area (Å²) in [5.41, 5.74) is 0. The van der Waals surface area contributed by atoms with E-state index >= 15 is 0 Å². The summed E-state index contributed by atoms with van der Waals surface area (Å²) < 4.78 is 27.2. The summed E-state index contributed by atoms with van der Waals surface area (Å²) in [6.45, 7) is 3.38. The summed E-state index contributed by atoms with van der Waals surface area (Å²) in [6, 6.07) is 0. The first kappa shape index (κ1) is 11.3. The van der Waals surface area contributed by atoms with Crippen LogP contribution in [-0.2, 0) is 25.2 Å². The lowest BCUT2D eigenvalue weighted by atomic mass is 10.5. The third-order valence-corrected chi connectivity index (χ3v) is 5.08. The molecule has 0 fully saturated rings. The maximum Gasteiger partial charge on any atom is 0.153 e. The van der Waals surface area contributed by atoms with Crippen LogP contribution in [-0.4, -0.2) is 32.1 Å². The molecule has 0 aliphatic carbocycles. The summed E-state index contributed by atoms with van der Waals surface area (Å²) in [4.78, 5) is -0.785. The Balaban J connectivity index is 4.48. The zero-order chi connectivity index (χ0) is 9.28. The molecule has 0 spiro atoms. The zero-order valence-corrected chi connectivity index (χ0v) is 9.29. The molecule has 0 aromatic carbocycles. The SMILES string of the molecule is CS(=O)OC(C)(C)[SH](C)(C)=O. The van der Waals surface area contributed by atoms with Crippen molar-refractivity contribution < 1.29 is 12.6 Å². The monoisotopic (exact) mass is 200 g/mol. The molecule has 70 valence electrons. The minimum atomic E-state index is -2.34. The van der Waals surface area contributed by atoms with Gasteiger partial charge in [-0.25, -0.2) is 4.21 Å². The van der Waals surface area contributed by atoms with Crippen molar-refractivity contribution in [2.75, 3.05) is 18.8 Å². The lowest BCUT2D eigenvalue weighted by Crippen LogP contribution is -2.39. The van der Waals surface area contributed by atoms with Crippen molar-refractivity contribution in [3.8, 4) is 0 Å². The first-order chi connectivity index (χ1) is 4.67. The van der Waals surface area contributed by atoms with E-state index < -0.39 is 25.9 Å². The summed E-state index contributed by atoms with van der Waals surface area (Å²) in [5, 5.41) is 0. The molecule has 5 heteroatoms. The second-order valence-electron chi connectivity index (χ2n) is 3.28. The highest BCUT2D eigenvalue weighted by Gasteiger charge is 2.29. The van der Waals surface area contributed by atoms with Gasteiger partial charge in [0.2, 0.25) is 0 Å². The van der Waals surface area contributed by atoms with Gasteiger partial charge in [-0.15, -0.1) is 0 Å². The molecular weight excluding hydrogens is 184 g/mol. The number of hydrogen-bond acceptors (Lipinski definition) is 3. The highest BCUT2D eigenvalue weighted by atomic mass is 32.2. The quantitative estimate of drug-likeness (QED) is 0.667. The van der Waals surface area contributed by atoms with Crippen LogP contribution >= 0.6 is 0 Å². The van der Waals surface area contributed by atoms with Crippen molar-refractivity contribution in [1.29, 1.82) is 0 Å². The third-order valence-electron chi connectivity index (χ3n) is 1.62. The van der Waals surface area contributed by atoms with Crippen molar-refractivity contribution >= 4 is 21.0 Å². The molecule has 0 N–H and O–H groups in total. The van der Waals surface area contributed by atoms with E-state index in [1.807, 2.05) is 0 Å². The Kier molecular flexibility index (Phi) is 3.41. The van der Waals surface area contributed by atoms with Crippen molar-refractivity contribution in [3.05, 3.63) is 0 Å². The predicted octanol–water partition coefficient (Wildman–Crippen LogP) is 0.309. The summed E-state index contributed by atoms with van der Waals surface area (Å²) in [5.74, 6) is 0. The van der Waals surface area contributed by atoms with Gasteiger partial charge in [-0.05, 0) is 26.4 Å². The molecule has 0 amide bonds. The van der Waals surface area contributed by atoms with E-state index in [2.05, 4.69) is 0 Å². The maximum absolute atomic E-state index is 11.5. The molecule has 0 saturated carbocycles. The van der Waals surface area contributed by atoms with Gasteiger partial charge in [0, 0.05) is 6.26 Å². The Morgan fingerprint density at radius 2 is 1.73 bits per heavy atom. The molecule has 0 aromatic rings. The van der Waals surface area contributed by atoms with Crippen molar-refractivity contribution in [2.45, 2.75) is 18.8 Å². The Morgan fingerprint density at radius 1 is 1.36 bits per heavy atom. The average molecular weight is 200 g/mol. The van der Waals surface area contributed by atoms with Gasteiger partial charge in [0.1, 0.15) is 4.93 Å². The Bertz CT molecular complexity index is 204. The fourth-order valence-electron chi connectivity index (χ4n) is 0.377. The van der Waals surface area contributed by atoms with Crippen LogP contribution in [0.15, 0.2) is 0 Å². The van der Waals surface area contributed by atoms with E-state index in [1.165, 1.54) is 6.26 Å². The van der Waals surface area contributed by atoms with Gasteiger partial charge in [-0.3, -0.25) is 8.39 Å². The van der Waals surface area contributed by atoms with Crippen LogP contribution in [0, 0.1) is 0 Å². The standard InChI is InChI=1S/C6H16O3S2/c1-6(2,9-10(3)7)11(4,5)8/h11H,1-5H3. The van der Waals surface area contributed by atoms with E-state index in [4.69, 9.17) is 4.18 Å². The van der Waals surface area contributed by atoms with E-state index in [-0.39, 0.29) is 0 Å². The van der Waals surface area contributed by atoms with E-state index in [1.54, 1.807) is 26.4 Å². The van der Waals surface area contributed by atoms with Crippen LogP contribution in [0.2, 0.25) is 0 Å². The van der Waals surface area contributed by atoms with Gasteiger partial charge in [0.15, 0.2) is 11.1 Å². The largest absolute Gasteiger partial charge is 0.283 e. The van der Waals surface area contributed by atoms with Crippen molar-refractivity contribution in [3.63, 3.8) is 0 Å². The summed E-state index contributed by atoms with van der Waals surface area (Å²) in [7, 11) is -2.34. The van der Waals surface area contributed by atoms with Crippen molar-refractivity contribution in [1.82, 2.24) is 0 Å². The molecule has 1 unspecified atom stereocenters. The predicted molar refractivity (Wildman–Crippen MR) is 50.6 cm³/mol. The molecule has 0 aliphatic heterocycles. The summed E-state index contributed by atoms with van der Waals surface area (Å²) >= 11 is -1.35. The van der Waals surface area contributed by atoms with Gasteiger partial charge < -0.3 is 0 Å². The molecule has 0 aliphatic rings. The molecule has 0 saturated heterocycles. The fourth-order valence-corrected chi connectivity index (χ4v) is 1.98. The molecule has 0 aromatic heterocycles. The number of hydrogen-bond donors (Lipinski definition) is 1. The van der Waals surface area contributed by atoms with Crippen LogP contribution in [0.3, 0.4) is 0 Å².